The van der Waals surface area contributed by atoms with Gasteiger partial charge in [0, 0.05) is 23.5 Å². The van der Waals surface area contributed by atoms with Crippen molar-refractivity contribution in [1.29, 1.82) is 0 Å². The van der Waals surface area contributed by atoms with Crippen molar-refractivity contribution < 1.29 is 9.52 Å². The number of hydrogen-bond acceptors (Lipinski definition) is 2. The predicted molar refractivity (Wildman–Crippen MR) is 48.3 cm³/mol. The van der Waals surface area contributed by atoms with Crippen LogP contribution in [0.5, 0.6) is 0 Å². The van der Waals surface area contributed by atoms with E-state index in [0.717, 1.165) is 16.9 Å². The Hall–Kier alpha value is -1.48. The lowest BCUT2D eigenvalue weighted by atomic mass is 10.1. The Labute approximate surface area is 76.0 Å². The molecule has 3 nitrogen and oxygen atoms in total. The van der Waals surface area contributed by atoms with Crippen molar-refractivity contribution in [3.05, 3.63) is 47.7 Å². The molecule has 0 saturated heterocycles. The van der Waals surface area contributed by atoms with E-state index in [1.54, 1.807) is 24.7 Å². The molecule has 0 radical (unpaired) electrons. The summed E-state index contributed by atoms with van der Waals surface area (Å²) in [6.07, 6.45) is 4.55. The molecule has 2 rings (SSSR count). The number of aryl methyl sites for hydroxylation is 1. The SMILES string of the molecule is Cc1occc1C(O)c1cc[nH]c1. The van der Waals surface area contributed by atoms with Gasteiger partial charge in [-0.25, -0.2) is 0 Å². The Bertz CT molecular complexity index is 375. The number of hydrogen-bond donors (Lipinski definition) is 2. The summed E-state index contributed by atoms with van der Waals surface area (Å²) in [4.78, 5) is 2.90. The van der Waals surface area contributed by atoms with E-state index in [2.05, 4.69) is 4.98 Å². The van der Waals surface area contributed by atoms with E-state index in [4.69, 9.17) is 4.42 Å². The number of aliphatic hydroxyl groups excluding tert-OH is 1. The van der Waals surface area contributed by atoms with Crippen LogP contribution in [0.4, 0.5) is 0 Å². The maximum atomic E-state index is 9.87. The third-order valence-electron chi connectivity index (χ3n) is 2.13. The summed E-state index contributed by atoms with van der Waals surface area (Å²) < 4.78 is 5.11. The quantitative estimate of drug-likeness (QED) is 0.737. The van der Waals surface area contributed by atoms with Gasteiger partial charge in [0.05, 0.1) is 6.26 Å². The van der Waals surface area contributed by atoms with Gasteiger partial charge in [-0.1, -0.05) is 0 Å². The molecule has 0 fully saturated rings. The number of rotatable bonds is 2. The summed E-state index contributed by atoms with van der Waals surface area (Å²) in [6, 6.07) is 3.63. The van der Waals surface area contributed by atoms with Crippen molar-refractivity contribution >= 4 is 0 Å². The monoisotopic (exact) mass is 177 g/mol. The molecule has 2 aromatic rings. The highest BCUT2D eigenvalue weighted by Gasteiger charge is 2.14. The predicted octanol–water partition coefficient (Wildman–Crippen LogP) is 2.00. The topological polar surface area (TPSA) is 49.2 Å². The van der Waals surface area contributed by atoms with Crippen LogP contribution in [0.3, 0.4) is 0 Å². The molecule has 13 heavy (non-hydrogen) atoms. The molecule has 1 unspecified atom stereocenters. The minimum atomic E-state index is -0.593. The van der Waals surface area contributed by atoms with Gasteiger partial charge in [0.2, 0.25) is 0 Å². The smallest absolute Gasteiger partial charge is 0.109 e. The third-order valence-corrected chi connectivity index (χ3v) is 2.13. The van der Waals surface area contributed by atoms with E-state index < -0.39 is 6.10 Å². The van der Waals surface area contributed by atoms with Gasteiger partial charge in [0.1, 0.15) is 11.9 Å². The van der Waals surface area contributed by atoms with E-state index in [-0.39, 0.29) is 0 Å². The fourth-order valence-electron chi connectivity index (χ4n) is 1.36. The van der Waals surface area contributed by atoms with Gasteiger partial charge in [0.25, 0.3) is 0 Å². The van der Waals surface area contributed by atoms with Crippen LogP contribution in [-0.4, -0.2) is 10.1 Å². The van der Waals surface area contributed by atoms with Gasteiger partial charge >= 0.3 is 0 Å². The molecule has 0 amide bonds. The fraction of sp³-hybridized carbons (Fsp3) is 0.200. The standard InChI is InChI=1S/C10H11NO2/c1-7-9(3-5-13-7)10(12)8-2-4-11-6-8/h2-6,10-12H,1H3. The van der Waals surface area contributed by atoms with Crippen molar-refractivity contribution in [2.45, 2.75) is 13.0 Å². The zero-order valence-corrected chi connectivity index (χ0v) is 7.32. The molecule has 0 aliphatic heterocycles. The Kier molecular flexibility index (Phi) is 1.94. The van der Waals surface area contributed by atoms with Crippen molar-refractivity contribution in [2.24, 2.45) is 0 Å². The summed E-state index contributed by atoms with van der Waals surface area (Å²) in [5.74, 6) is 0.758. The Morgan fingerprint density at radius 3 is 2.85 bits per heavy atom. The normalized spacial score (nSPS) is 13.1. The number of nitrogens with one attached hydrogen (secondary N) is 1. The molecule has 68 valence electrons. The van der Waals surface area contributed by atoms with Crippen LogP contribution in [0, 0.1) is 6.92 Å². The molecule has 0 bridgehead atoms. The van der Waals surface area contributed by atoms with Gasteiger partial charge in [-0.05, 0) is 19.1 Å². The molecule has 3 heteroatoms. The van der Waals surface area contributed by atoms with Crippen LogP contribution in [0.2, 0.25) is 0 Å². The molecular weight excluding hydrogens is 166 g/mol. The second-order valence-corrected chi connectivity index (χ2v) is 2.98. The Morgan fingerprint density at radius 1 is 1.46 bits per heavy atom. The molecule has 2 aromatic heterocycles. The summed E-state index contributed by atoms with van der Waals surface area (Å²) in [5.41, 5.74) is 1.67. The second-order valence-electron chi connectivity index (χ2n) is 2.98. The zero-order chi connectivity index (χ0) is 9.26. The van der Waals surface area contributed by atoms with Gasteiger partial charge in [-0.3, -0.25) is 0 Å². The average molecular weight is 177 g/mol. The number of aliphatic hydroxyl groups is 1. The highest BCUT2D eigenvalue weighted by atomic mass is 16.3. The first-order valence-corrected chi connectivity index (χ1v) is 4.14. The second kappa shape index (κ2) is 3.11. The maximum absolute atomic E-state index is 9.87. The van der Waals surface area contributed by atoms with Crippen LogP contribution >= 0.6 is 0 Å². The van der Waals surface area contributed by atoms with Gasteiger partial charge in [-0.2, -0.15) is 0 Å². The molecule has 2 heterocycles. The van der Waals surface area contributed by atoms with E-state index in [9.17, 15) is 5.11 Å². The highest BCUT2D eigenvalue weighted by molar-refractivity contribution is 5.28. The number of H-pyrrole nitrogens is 1. The van der Waals surface area contributed by atoms with Crippen LogP contribution in [0.25, 0.3) is 0 Å². The van der Waals surface area contributed by atoms with Crippen LogP contribution in [0.1, 0.15) is 23.0 Å². The van der Waals surface area contributed by atoms with E-state index in [1.165, 1.54) is 0 Å². The van der Waals surface area contributed by atoms with Crippen LogP contribution in [-0.2, 0) is 0 Å². The third kappa shape index (κ3) is 1.38. The van der Waals surface area contributed by atoms with Crippen molar-refractivity contribution in [3.8, 4) is 0 Å². The van der Waals surface area contributed by atoms with Crippen LogP contribution in [0.15, 0.2) is 35.2 Å². The minimum absolute atomic E-state index is 0.593. The lowest BCUT2D eigenvalue weighted by molar-refractivity contribution is 0.218. The molecule has 0 aliphatic carbocycles. The first-order valence-electron chi connectivity index (χ1n) is 4.14. The molecular formula is C10H11NO2. The number of aromatic nitrogens is 1. The van der Waals surface area contributed by atoms with Gasteiger partial charge < -0.3 is 14.5 Å². The molecule has 0 spiro atoms. The lowest BCUT2D eigenvalue weighted by Gasteiger charge is -2.06. The lowest BCUT2D eigenvalue weighted by Crippen LogP contribution is -1.97. The van der Waals surface area contributed by atoms with E-state index in [0.29, 0.717) is 0 Å². The van der Waals surface area contributed by atoms with Gasteiger partial charge in [-0.15, -0.1) is 0 Å². The highest BCUT2D eigenvalue weighted by Crippen LogP contribution is 2.24. The number of furan rings is 1. The van der Waals surface area contributed by atoms with E-state index in [1.807, 2.05) is 13.0 Å². The largest absolute Gasteiger partial charge is 0.469 e. The summed E-state index contributed by atoms with van der Waals surface area (Å²) in [6.45, 7) is 1.84. The van der Waals surface area contributed by atoms with Crippen molar-refractivity contribution in [1.82, 2.24) is 4.98 Å². The molecule has 2 N–H and O–H groups in total. The fourth-order valence-corrected chi connectivity index (χ4v) is 1.36. The first kappa shape index (κ1) is 8.13. The van der Waals surface area contributed by atoms with E-state index >= 15 is 0 Å². The summed E-state index contributed by atoms with van der Waals surface area (Å²) in [7, 11) is 0. The Morgan fingerprint density at radius 2 is 2.31 bits per heavy atom. The van der Waals surface area contributed by atoms with Gasteiger partial charge in [0.15, 0.2) is 0 Å². The van der Waals surface area contributed by atoms with Crippen molar-refractivity contribution in [3.63, 3.8) is 0 Å². The zero-order valence-electron chi connectivity index (χ0n) is 7.32. The molecule has 0 aliphatic rings. The molecule has 0 saturated carbocycles. The molecule has 0 aromatic carbocycles. The molecule has 1 atom stereocenters. The minimum Gasteiger partial charge on any atom is -0.469 e. The average Bonchev–Trinajstić information content (AvgIpc) is 2.72. The summed E-state index contributed by atoms with van der Waals surface area (Å²) in [5, 5.41) is 9.87. The number of aromatic amines is 1. The summed E-state index contributed by atoms with van der Waals surface area (Å²) >= 11 is 0. The maximum Gasteiger partial charge on any atom is 0.109 e. The first-order chi connectivity index (χ1) is 6.29. The van der Waals surface area contributed by atoms with Crippen LogP contribution < -0.4 is 0 Å². The Balaban J connectivity index is 2.33. The van der Waals surface area contributed by atoms with Crippen molar-refractivity contribution in [2.75, 3.05) is 0 Å².